The summed E-state index contributed by atoms with van der Waals surface area (Å²) in [4.78, 5) is 11.3. The van der Waals surface area contributed by atoms with E-state index in [1.54, 1.807) is 20.8 Å². The molecule has 1 rings (SSSR count). The first kappa shape index (κ1) is 13.2. The van der Waals surface area contributed by atoms with Gasteiger partial charge < -0.3 is 15.8 Å². The van der Waals surface area contributed by atoms with Gasteiger partial charge in [0.15, 0.2) is 0 Å². The highest BCUT2D eigenvalue weighted by Gasteiger charge is 2.48. The fourth-order valence-corrected chi connectivity index (χ4v) is 1.51. The highest BCUT2D eigenvalue weighted by molar-refractivity contribution is 5.67. The largest absolute Gasteiger partial charge is 0.444 e. The number of nitrogens with one attached hydrogen (secondary N) is 1. The number of halogens is 1. The van der Waals surface area contributed by atoms with Gasteiger partial charge in [0.25, 0.3) is 0 Å². The summed E-state index contributed by atoms with van der Waals surface area (Å²) < 4.78 is 18.7. The molecule has 4 nitrogen and oxygen atoms in total. The Hall–Kier alpha value is -0.840. The maximum Gasteiger partial charge on any atom is 0.407 e. The fourth-order valence-electron chi connectivity index (χ4n) is 1.51. The summed E-state index contributed by atoms with van der Waals surface area (Å²) in [7, 11) is 0. The van der Waals surface area contributed by atoms with Gasteiger partial charge in [-0.2, -0.15) is 0 Å². The van der Waals surface area contributed by atoms with E-state index >= 15 is 0 Å². The van der Waals surface area contributed by atoms with Crippen molar-refractivity contribution in [3.05, 3.63) is 0 Å². The molecule has 1 unspecified atom stereocenters. The monoisotopic (exact) mass is 232 g/mol. The maximum atomic E-state index is 13.7. The second kappa shape index (κ2) is 4.57. The van der Waals surface area contributed by atoms with Crippen LogP contribution in [0.15, 0.2) is 0 Å². The summed E-state index contributed by atoms with van der Waals surface area (Å²) in [5, 5.41) is 2.43. The van der Waals surface area contributed by atoms with Crippen LogP contribution in [-0.2, 0) is 4.74 Å². The van der Waals surface area contributed by atoms with E-state index < -0.39 is 23.3 Å². The molecular formula is C11H21FN2O2. The molecule has 1 fully saturated rings. The topological polar surface area (TPSA) is 64.3 Å². The van der Waals surface area contributed by atoms with Gasteiger partial charge in [0, 0.05) is 12.0 Å². The number of nitrogens with two attached hydrogens (primary N) is 1. The Morgan fingerprint density at radius 3 is 2.50 bits per heavy atom. The van der Waals surface area contributed by atoms with Gasteiger partial charge >= 0.3 is 6.09 Å². The lowest BCUT2D eigenvalue weighted by Crippen LogP contribution is -2.40. The Bertz CT molecular complexity index is 259. The Morgan fingerprint density at radius 1 is 1.56 bits per heavy atom. The quantitative estimate of drug-likeness (QED) is 0.773. The standard InChI is InChI=1S/C11H21FN2O2/c1-10(2,3)16-9(15)14-6-8(12)11(7-13)4-5-11/h8H,4-7,13H2,1-3H3,(H,14,15). The molecule has 0 aromatic heterocycles. The van der Waals surface area contributed by atoms with E-state index in [0.29, 0.717) is 6.54 Å². The molecule has 1 saturated carbocycles. The van der Waals surface area contributed by atoms with Crippen LogP contribution in [0.4, 0.5) is 9.18 Å². The van der Waals surface area contributed by atoms with E-state index in [1.807, 2.05) is 0 Å². The van der Waals surface area contributed by atoms with Gasteiger partial charge in [0.2, 0.25) is 0 Å². The second-order valence-electron chi connectivity index (χ2n) is 5.42. The number of carbonyl (C=O) groups is 1. The number of alkyl halides is 1. The molecule has 3 N–H and O–H groups in total. The molecule has 0 saturated heterocycles. The van der Waals surface area contributed by atoms with Crippen molar-refractivity contribution in [1.82, 2.24) is 5.32 Å². The fraction of sp³-hybridized carbons (Fsp3) is 0.909. The van der Waals surface area contributed by atoms with E-state index in [9.17, 15) is 9.18 Å². The van der Waals surface area contributed by atoms with Crippen LogP contribution >= 0.6 is 0 Å². The van der Waals surface area contributed by atoms with E-state index in [4.69, 9.17) is 10.5 Å². The Kier molecular flexibility index (Phi) is 3.78. The minimum atomic E-state index is -1.08. The molecule has 0 spiro atoms. The average molecular weight is 232 g/mol. The van der Waals surface area contributed by atoms with Gasteiger partial charge in [-0.1, -0.05) is 0 Å². The van der Waals surface area contributed by atoms with Gasteiger partial charge in [-0.3, -0.25) is 0 Å². The van der Waals surface area contributed by atoms with Crippen molar-refractivity contribution in [3.8, 4) is 0 Å². The zero-order valence-electron chi connectivity index (χ0n) is 10.2. The smallest absolute Gasteiger partial charge is 0.407 e. The number of hydrogen-bond acceptors (Lipinski definition) is 3. The lowest BCUT2D eigenvalue weighted by atomic mass is 10.0. The van der Waals surface area contributed by atoms with Crippen molar-refractivity contribution in [2.75, 3.05) is 13.1 Å². The predicted molar refractivity (Wildman–Crippen MR) is 59.9 cm³/mol. The molecule has 0 bridgehead atoms. The minimum absolute atomic E-state index is 0.0217. The van der Waals surface area contributed by atoms with Crippen LogP contribution in [0.5, 0.6) is 0 Å². The molecular weight excluding hydrogens is 211 g/mol. The molecule has 0 aromatic rings. The highest BCUT2D eigenvalue weighted by atomic mass is 19.1. The first-order chi connectivity index (χ1) is 7.29. The molecule has 0 aromatic carbocycles. The van der Waals surface area contributed by atoms with Gasteiger partial charge in [0.05, 0.1) is 6.54 Å². The van der Waals surface area contributed by atoms with E-state index in [0.717, 1.165) is 12.8 Å². The zero-order chi connectivity index (χ0) is 12.4. The summed E-state index contributed by atoms with van der Waals surface area (Å²) in [5.41, 5.74) is 4.55. The number of hydrogen-bond donors (Lipinski definition) is 2. The Morgan fingerprint density at radius 2 is 2.12 bits per heavy atom. The van der Waals surface area contributed by atoms with Crippen LogP contribution in [0.1, 0.15) is 33.6 Å². The third-order valence-electron chi connectivity index (χ3n) is 2.79. The summed E-state index contributed by atoms with van der Waals surface area (Å²) in [6, 6.07) is 0. The van der Waals surface area contributed by atoms with Crippen LogP contribution < -0.4 is 11.1 Å². The molecule has 1 amide bonds. The molecule has 0 radical (unpaired) electrons. The van der Waals surface area contributed by atoms with Gasteiger partial charge in [-0.25, -0.2) is 9.18 Å². The number of carbonyl (C=O) groups excluding carboxylic acids is 1. The number of amides is 1. The Balaban J connectivity index is 2.27. The average Bonchev–Trinajstić information content (AvgIpc) is 2.92. The van der Waals surface area contributed by atoms with Crippen LogP contribution in [0, 0.1) is 5.41 Å². The van der Waals surface area contributed by atoms with Crippen molar-refractivity contribution in [2.24, 2.45) is 11.1 Å². The third-order valence-corrected chi connectivity index (χ3v) is 2.79. The van der Waals surface area contributed by atoms with Crippen molar-refractivity contribution in [3.63, 3.8) is 0 Å². The van der Waals surface area contributed by atoms with E-state index in [2.05, 4.69) is 5.32 Å². The van der Waals surface area contributed by atoms with E-state index in [1.165, 1.54) is 0 Å². The molecule has 1 aliphatic carbocycles. The van der Waals surface area contributed by atoms with Gasteiger partial charge in [-0.05, 0) is 33.6 Å². The molecule has 1 atom stereocenters. The first-order valence-corrected chi connectivity index (χ1v) is 5.60. The summed E-state index contributed by atoms with van der Waals surface area (Å²) >= 11 is 0. The van der Waals surface area contributed by atoms with Crippen molar-refractivity contribution < 1.29 is 13.9 Å². The second-order valence-corrected chi connectivity index (χ2v) is 5.42. The number of ether oxygens (including phenoxy) is 1. The van der Waals surface area contributed by atoms with Crippen LogP contribution in [0.3, 0.4) is 0 Å². The lowest BCUT2D eigenvalue weighted by Gasteiger charge is -2.22. The Labute approximate surface area is 95.7 Å². The van der Waals surface area contributed by atoms with Crippen LogP contribution in [-0.4, -0.2) is 31.0 Å². The molecule has 94 valence electrons. The third kappa shape index (κ3) is 3.63. The van der Waals surface area contributed by atoms with Gasteiger partial charge in [0.1, 0.15) is 11.8 Å². The molecule has 16 heavy (non-hydrogen) atoms. The van der Waals surface area contributed by atoms with Crippen LogP contribution in [0.25, 0.3) is 0 Å². The lowest BCUT2D eigenvalue weighted by molar-refractivity contribution is 0.0500. The zero-order valence-corrected chi connectivity index (χ0v) is 10.2. The van der Waals surface area contributed by atoms with Crippen molar-refractivity contribution >= 4 is 6.09 Å². The summed E-state index contributed by atoms with van der Waals surface area (Å²) in [5.74, 6) is 0. The number of rotatable bonds is 4. The predicted octanol–water partition coefficient (Wildman–Crippen LogP) is 1.59. The highest BCUT2D eigenvalue weighted by Crippen LogP contribution is 2.48. The maximum absolute atomic E-state index is 13.7. The molecule has 5 heteroatoms. The minimum Gasteiger partial charge on any atom is -0.444 e. The SMILES string of the molecule is CC(C)(C)OC(=O)NCC(F)C1(CN)CC1. The molecule has 0 aliphatic heterocycles. The first-order valence-electron chi connectivity index (χ1n) is 5.60. The van der Waals surface area contributed by atoms with Crippen LogP contribution in [0.2, 0.25) is 0 Å². The van der Waals surface area contributed by atoms with Gasteiger partial charge in [-0.15, -0.1) is 0 Å². The molecule has 1 aliphatic rings. The number of alkyl carbamates (subject to hydrolysis) is 1. The molecule has 0 heterocycles. The summed E-state index contributed by atoms with van der Waals surface area (Å²) in [6.07, 6.45) is -0.0468. The van der Waals surface area contributed by atoms with Crippen molar-refractivity contribution in [2.45, 2.75) is 45.4 Å². The summed E-state index contributed by atoms with van der Waals surface area (Å²) in [6.45, 7) is 5.61. The van der Waals surface area contributed by atoms with Crippen molar-refractivity contribution in [1.29, 1.82) is 0 Å². The normalized spacial score (nSPS) is 20.1. The van der Waals surface area contributed by atoms with E-state index in [-0.39, 0.29) is 6.54 Å².